The van der Waals surface area contributed by atoms with Crippen molar-refractivity contribution in [2.24, 2.45) is 0 Å². The smallest absolute Gasteiger partial charge is 0.250 e. The summed E-state index contributed by atoms with van der Waals surface area (Å²) in [7, 11) is -1.66. The van der Waals surface area contributed by atoms with E-state index in [-0.39, 0.29) is 22.7 Å². The van der Waals surface area contributed by atoms with Gasteiger partial charge in [0.05, 0.1) is 6.54 Å². The van der Waals surface area contributed by atoms with Gasteiger partial charge >= 0.3 is 0 Å². The van der Waals surface area contributed by atoms with Crippen molar-refractivity contribution in [1.29, 1.82) is 0 Å². The molecule has 1 atom stereocenters. The number of likely N-dealkylation sites (N-methyl/N-ethyl adjacent to an activating group) is 1. The molecule has 0 aliphatic carbocycles. The Hall–Kier alpha value is -1.29. The molecule has 0 aliphatic rings. The van der Waals surface area contributed by atoms with Crippen LogP contribution in [-0.4, -0.2) is 31.6 Å². The van der Waals surface area contributed by atoms with Crippen LogP contribution in [0.4, 0.5) is 0 Å². The molecule has 110 valence electrons. The molecule has 0 saturated carbocycles. The van der Waals surface area contributed by atoms with E-state index in [0.717, 1.165) is 11.3 Å². The first kappa shape index (κ1) is 15.1. The Bertz CT molecular complexity index is 636. The van der Waals surface area contributed by atoms with Crippen LogP contribution in [0.5, 0.6) is 0 Å². The van der Waals surface area contributed by atoms with Gasteiger partial charge in [-0.05, 0) is 25.4 Å². The second kappa shape index (κ2) is 6.44. The minimum Gasteiger partial charge on any atom is -0.338 e. The number of rotatable bonds is 7. The fourth-order valence-corrected chi connectivity index (χ4v) is 3.48. The van der Waals surface area contributed by atoms with Gasteiger partial charge in [0.15, 0.2) is 5.82 Å². The second-order valence-electron chi connectivity index (χ2n) is 4.25. The lowest BCUT2D eigenvalue weighted by Gasteiger charge is -2.04. The first-order chi connectivity index (χ1) is 9.51. The molecule has 0 aromatic carbocycles. The number of aromatic nitrogens is 2. The van der Waals surface area contributed by atoms with Gasteiger partial charge in [-0.1, -0.05) is 11.2 Å². The van der Waals surface area contributed by atoms with Gasteiger partial charge in [-0.2, -0.15) is 4.98 Å². The summed E-state index contributed by atoms with van der Waals surface area (Å²) in [4.78, 5) is 4.14. The van der Waals surface area contributed by atoms with Gasteiger partial charge in [-0.3, -0.25) is 0 Å². The number of sulfonamides is 1. The van der Waals surface area contributed by atoms with Gasteiger partial charge in [0.2, 0.25) is 5.89 Å². The summed E-state index contributed by atoms with van der Waals surface area (Å²) in [5, 5.41) is 8.58. The van der Waals surface area contributed by atoms with Crippen LogP contribution in [0.3, 0.4) is 0 Å². The minimum atomic E-state index is -3.51. The molecule has 0 radical (unpaired) electrons. The molecule has 2 N–H and O–H groups in total. The average Bonchev–Trinajstić information content (AvgIpc) is 3.08. The van der Waals surface area contributed by atoms with Crippen LogP contribution in [-0.2, 0) is 23.0 Å². The standard InChI is InChI=1S/C11H16N4O3S2/c1-8(12-2)6-9-14-10(18-15-9)7-13-20(16,17)11-4-3-5-19-11/h3-5,8,12-13H,6-7H2,1-2H3. The summed E-state index contributed by atoms with van der Waals surface area (Å²) in [6, 6.07) is 3.45. The fraction of sp³-hybridized carbons (Fsp3) is 0.455. The third-order valence-electron chi connectivity index (χ3n) is 2.67. The van der Waals surface area contributed by atoms with Crippen molar-refractivity contribution < 1.29 is 12.9 Å². The van der Waals surface area contributed by atoms with Gasteiger partial charge in [-0.15, -0.1) is 11.3 Å². The van der Waals surface area contributed by atoms with Gasteiger partial charge < -0.3 is 9.84 Å². The monoisotopic (exact) mass is 316 g/mol. The number of thiophene rings is 1. The van der Waals surface area contributed by atoms with E-state index in [4.69, 9.17) is 4.52 Å². The van der Waals surface area contributed by atoms with E-state index in [9.17, 15) is 8.42 Å². The lowest BCUT2D eigenvalue weighted by molar-refractivity contribution is 0.368. The SMILES string of the molecule is CNC(C)Cc1noc(CNS(=O)(=O)c2cccs2)n1. The summed E-state index contributed by atoms with van der Waals surface area (Å²) < 4.78 is 31.5. The number of nitrogens with zero attached hydrogens (tertiary/aromatic N) is 2. The quantitative estimate of drug-likeness (QED) is 0.783. The van der Waals surface area contributed by atoms with Crippen LogP contribution in [0.25, 0.3) is 0 Å². The Morgan fingerprint density at radius 3 is 2.95 bits per heavy atom. The highest BCUT2D eigenvalue weighted by Gasteiger charge is 2.17. The Labute approximate surface area is 121 Å². The van der Waals surface area contributed by atoms with Crippen molar-refractivity contribution in [2.45, 2.75) is 30.1 Å². The average molecular weight is 316 g/mol. The maximum absolute atomic E-state index is 11.9. The van der Waals surface area contributed by atoms with Crippen molar-refractivity contribution in [3.8, 4) is 0 Å². The van der Waals surface area contributed by atoms with Gasteiger partial charge in [-0.25, -0.2) is 13.1 Å². The molecule has 0 fully saturated rings. The van der Waals surface area contributed by atoms with E-state index in [1.807, 2.05) is 14.0 Å². The van der Waals surface area contributed by atoms with E-state index >= 15 is 0 Å². The summed E-state index contributed by atoms with van der Waals surface area (Å²) in [5.41, 5.74) is 0. The fourth-order valence-electron chi connectivity index (χ4n) is 1.47. The topological polar surface area (TPSA) is 97.1 Å². The molecule has 2 aromatic heterocycles. The molecule has 0 bridgehead atoms. The summed E-state index contributed by atoms with van der Waals surface area (Å²) in [6.45, 7) is 1.98. The zero-order valence-electron chi connectivity index (χ0n) is 11.2. The lowest BCUT2D eigenvalue weighted by atomic mass is 10.2. The highest BCUT2D eigenvalue weighted by molar-refractivity contribution is 7.91. The second-order valence-corrected chi connectivity index (χ2v) is 7.20. The highest BCUT2D eigenvalue weighted by atomic mass is 32.2. The number of hydrogen-bond donors (Lipinski definition) is 2. The van der Waals surface area contributed by atoms with E-state index in [0.29, 0.717) is 12.2 Å². The van der Waals surface area contributed by atoms with Crippen molar-refractivity contribution in [3.63, 3.8) is 0 Å². The molecule has 0 aliphatic heterocycles. The Morgan fingerprint density at radius 1 is 1.50 bits per heavy atom. The molecule has 2 aromatic rings. The number of hydrogen-bond acceptors (Lipinski definition) is 7. The molecule has 2 rings (SSSR count). The number of nitrogens with one attached hydrogen (secondary N) is 2. The Balaban J connectivity index is 1.95. The first-order valence-corrected chi connectivity index (χ1v) is 8.39. The molecule has 20 heavy (non-hydrogen) atoms. The largest absolute Gasteiger partial charge is 0.338 e. The van der Waals surface area contributed by atoms with Gasteiger partial charge in [0, 0.05) is 12.5 Å². The first-order valence-electron chi connectivity index (χ1n) is 6.03. The van der Waals surface area contributed by atoms with Crippen molar-refractivity contribution in [1.82, 2.24) is 20.2 Å². The highest BCUT2D eigenvalue weighted by Crippen LogP contribution is 2.15. The Morgan fingerprint density at radius 2 is 2.30 bits per heavy atom. The Kier molecular flexibility index (Phi) is 4.86. The maximum Gasteiger partial charge on any atom is 0.250 e. The van der Waals surface area contributed by atoms with Crippen LogP contribution in [0, 0.1) is 0 Å². The normalized spacial score (nSPS) is 13.5. The third kappa shape index (κ3) is 3.85. The van der Waals surface area contributed by atoms with E-state index in [1.54, 1.807) is 17.5 Å². The van der Waals surface area contributed by atoms with Gasteiger partial charge in [0.1, 0.15) is 4.21 Å². The molecule has 0 amide bonds. The summed E-state index contributed by atoms with van der Waals surface area (Å²) >= 11 is 1.16. The zero-order chi connectivity index (χ0) is 14.6. The summed E-state index contributed by atoms with van der Waals surface area (Å²) in [5.74, 6) is 0.806. The summed E-state index contributed by atoms with van der Waals surface area (Å²) in [6.07, 6.45) is 0.623. The predicted molar refractivity (Wildman–Crippen MR) is 74.9 cm³/mol. The molecule has 2 heterocycles. The van der Waals surface area contributed by atoms with E-state index < -0.39 is 10.0 Å². The van der Waals surface area contributed by atoms with Crippen molar-refractivity contribution in [2.75, 3.05) is 7.05 Å². The molecule has 7 nitrogen and oxygen atoms in total. The van der Waals surface area contributed by atoms with E-state index in [1.165, 1.54) is 0 Å². The van der Waals surface area contributed by atoms with Crippen LogP contribution in [0.15, 0.2) is 26.2 Å². The molecule has 1 unspecified atom stereocenters. The van der Waals surface area contributed by atoms with Crippen molar-refractivity contribution >= 4 is 21.4 Å². The van der Waals surface area contributed by atoms with Crippen LogP contribution in [0.1, 0.15) is 18.6 Å². The van der Waals surface area contributed by atoms with E-state index in [2.05, 4.69) is 20.2 Å². The van der Waals surface area contributed by atoms with Crippen LogP contribution < -0.4 is 10.0 Å². The predicted octanol–water partition coefficient (Wildman–Crippen LogP) is 0.760. The molecular weight excluding hydrogens is 300 g/mol. The maximum atomic E-state index is 11.9. The van der Waals surface area contributed by atoms with Crippen LogP contribution in [0.2, 0.25) is 0 Å². The minimum absolute atomic E-state index is 0.0127. The van der Waals surface area contributed by atoms with Gasteiger partial charge in [0.25, 0.3) is 10.0 Å². The molecular formula is C11H16N4O3S2. The molecule has 9 heteroatoms. The van der Waals surface area contributed by atoms with Crippen molar-refractivity contribution in [3.05, 3.63) is 29.2 Å². The third-order valence-corrected chi connectivity index (χ3v) is 5.46. The van der Waals surface area contributed by atoms with Crippen LogP contribution >= 0.6 is 11.3 Å². The lowest BCUT2D eigenvalue weighted by Crippen LogP contribution is -2.24. The molecule has 0 spiro atoms. The molecule has 0 saturated heterocycles. The zero-order valence-corrected chi connectivity index (χ0v) is 12.8.